The summed E-state index contributed by atoms with van der Waals surface area (Å²) in [5.41, 5.74) is -0.807. The molecule has 0 aliphatic carbocycles. The second-order valence-corrected chi connectivity index (χ2v) is 8.21. The van der Waals surface area contributed by atoms with Crippen LogP contribution in [0.2, 0.25) is 0 Å². The molecule has 8 nitrogen and oxygen atoms in total. The molecule has 0 fully saturated rings. The molecule has 1 amide bonds. The number of amides is 1. The average Bonchev–Trinajstić information content (AvgIpc) is 2.89. The van der Waals surface area contributed by atoms with Crippen molar-refractivity contribution in [2.24, 2.45) is 7.05 Å². The summed E-state index contributed by atoms with van der Waals surface area (Å²) >= 11 is 0. The second-order valence-electron chi connectivity index (χ2n) is 8.21. The minimum Gasteiger partial charge on any atom is -0.491 e. The van der Waals surface area contributed by atoms with E-state index in [1.54, 1.807) is 24.3 Å². The highest BCUT2D eigenvalue weighted by molar-refractivity contribution is 6.11. The van der Waals surface area contributed by atoms with Crippen LogP contribution >= 0.6 is 0 Å². The van der Waals surface area contributed by atoms with Crippen molar-refractivity contribution in [1.29, 1.82) is 0 Å². The van der Waals surface area contributed by atoms with Gasteiger partial charge in [-0.05, 0) is 48.5 Å². The van der Waals surface area contributed by atoms with Gasteiger partial charge in [-0.2, -0.15) is 13.2 Å². The van der Waals surface area contributed by atoms with E-state index < -0.39 is 35.9 Å². The predicted molar refractivity (Wildman–Crippen MR) is 130 cm³/mol. The number of anilines is 1. The molecule has 0 bridgehead atoms. The highest BCUT2D eigenvalue weighted by atomic mass is 19.4. The molecule has 3 aromatic carbocycles. The molecule has 192 valence electrons. The first kappa shape index (κ1) is 25.9. The molecule has 1 heterocycles. The molecule has 0 spiro atoms. The molecular formula is C26H22F3N3O5. The number of aromatic nitrogens is 2. The van der Waals surface area contributed by atoms with Crippen molar-refractivity contribution in [3.8, 4) is 17.1 Å². The number of aliphatic hydroxyl groups excluding tert-OH is 2. The average molecular weight is 513 g/mol. The number of benzene rings is 3. The Labute approximate surface area is 208 Å². The lowest BCUT2D eigenvalue weighted by atomic mass is 10.1. The van der Waals surface area contributed by atoms with Gasteiger partial charge in [0.25, 0.3) is 11.5 Å². The molecule has 1 aromatic heterocycles. The SMILES string of the molecule is Cn1c(-c2cccc(C(F)(F)F)c2)nc2c(C(=O)Nc3ccc(OCC(O)CO)cc3)cccc2c1=O. The van der Waals surface area contributed by atoms with Gasteiger partial charge in [-0.1, -0.05) is 18.2 Å². The van der Waals surface area contributed by atoms with E-state index in [-0.39, 0.29) is 34.5 Å². The highest BCUT2D eigenvalue weighted by Gasteiger charge is 2.31. The number of para-hydroxylation sites is 1. The number of carbonyl (C=O) groups excluding carboxylic acids is 1. The summed E-state index contributed by atoms with van der Waals surface area (Å²) in [5, 5.41) is 21.1. The fourth-order valence-corrected chi connectivity index (χ4v) is 3.65. The van der Waals surface area contributed by atoms with Crippen LogP contribution in [0.5, 0.6) is 5.75 Å². The minimum absolute atomic E-state index is 0.0181. The van der Waals surface area contributed by atoms with Crippen molar-refractivity contribution in [3.63, 3.8) is 0 Å². The van der Waals surface area contributed by atoms with Gasteiger partial charge in [0.1, 0.15) is 24.3 Å². The maximum absolute atomic E-state index is 13.2. The Morgan fingerprint density at radius 3 is 2.49 bits per heavy atom. The zero-order valence-corrected chi connectivity index (χ0v) is 19.5. The molecule has 0 aliphatic rings. The van der Waals surface area contributed by atoms with Crippen molar-refractivity contribution >= 4 is 22.5 Å². The van der Waals surface area contributed by atoms with Crippen molar-refractivity contribution in [2.75, 3.05) is 18.5 Å². The molecule has 11 heteroatoms. The number of aliphatic hydroxyl groups is 2. The molecule has 37 heavy (non-hydrogen) atoms. The molecule has 4 aromatic rings. The van der Waals surface area contributed by atoms with Crippen LogP contribution in [0.15, 0.2) is 71.5 Å². The maximum Gasteiger partial charge on any atom is 0.416 e. The Balaban J connectivity index is 1.68. The number of fused-ring (bicyclic) bond motifs is 1. The lowest BCUT2D eigenvalue weighted by molar-refractivity contribution is -0.137. The van der Waals surface area contributed by atoms with Gasteiger partial charge in [0.15, 0.2) is 0 Å². The lowest BCUT2D eigenvalue weighted by Crippen LogP contribution is -2.22. The van der Waals surface area contributed by atoms with Crippen LogP contribution in [0.4, 0.5) is 18.9 Å². The molecule has 0 saturated carbocycles. The normalized spacial score (nSPS) is 12.4. The van der Waals surface area contributed by atoms with Gasteiger partial charge in [-0.25, -0.2) is 4.98 Å². The summed E-state index contributed by atoms with van der Waals surface area (Å²) < 4.78 is 46.2. The second kappa shape index (κ2) is 10.4. The molecule has 3 N–H and O–H groups in total. The van der Waals surface area contributed by atoms with E-state index in [2.05, 4.69) is 10.3 Å². The first-order valence-electron chi connectivity index (χ1n) is 11.1. The predicted octanol–water partition coefficient (Wildman–Crippen LogP) is 3.60. The van der Waals surface area contributed by atoms with E-state index in [1.807, 2.05) is 0 Å². The number of nitrogens with zero attached hydrogens (tertiary/aromatic N) is 2. The summed E-state index contributed by atoms with van der Waals surface area (Å²) in [6.07, 6.45) is -5.59. The molecule has 1 atom stereocenters. The minimum atomic E-state index is -4.57. The smallest absolute Gasteiger partial charge is 0.416 e. The van der Waals surface area contributed by atoms with Crippen LogP contribution in [0.25, 0.3) is 22.3 Å². The highest BCUT2D eigenvalue weighted by Crippen LogP contribution is 2.32. The number of carbonyl (C=O) groups is 1. The summed E-state index contributed by atoms with van der Waals surface area (Å²) in [4.78, 5) is 30.5. The van der Waals surface area contributed by atoms with Crippen LogP contribution in [0.3, 0.4) is 0 Å². The number of alkyl halides is 3. The molecule has 0 aliphatic heterocycles. The Bertz CT molecular complexity index is 1500. The van der Waals surface area contributed by atoms with E-state index in [0.717, 1.165) is 16.7 Å². The largest absolute Gasteiger partial charge is 0.491 e. The van der Waals surface area contributed by atoms with Crippen LogP contribution < -0.4 is 15.6 Å². The fraction of sp³-hybridized carbons (Fsp3) is 0.192. The lowest BCUT2D eigenvalue weighted by Gasteiger charge is -2.14. The summed E-state index contributed by atoms with van der Waals surface area (Å²) in [5.74, 6) is -0.187. The van der Waals surface area contributed by atoms with Crippen LogP contribution in [-0.2, 0) is 13.2 Å². The van der Waals surface area contributed by atoms with Crippen molar-refractivity contribution < 1.29 is 32.9 Å². The van der Waals surface area contributed by atoms with Gasteiger partial charge in [-0.15, -0.1) is 0 Å². The molecular weight excluding hydrogens is 491 g/mol. The molecule has 0 saturated heterocycles. The Hall–Kier alpha value is -4.22. The van der Waals surface area contributed by atoms with Gasteiger partial charge in [0, 0.05) is 18.3 Å². The third kappa shape index (κ3) is 5.63. The van der Waals surface area contributed by atoms with E-state index >= 15 is 0 Å². The summed E-state index contributed by atoms with van der Waals surface area (Å²) in [6, 6.07) is 15.2. The van der Waals surface area contributed by atoms with Gasteiger partial charge in [-0.3, -0.25) is 14.2 Å². The van der Waals surface area contributed by atoms with E-state index in [0.29, 0.717) is 11.4 Å². The zero-order chi connectivity index (χ0) is 26.7. The Kier molecular flexibility index (Phi) is 7.28. The van der Waals surface area contributed by atoms with Crippen LogP contribution in [0.1, 0.15) is 15.9 Å². The topological polar surface area (TPSA) is 114 Å². The van der Waals surface area contributed by atoms with Crippen molar-refractivity contribution in [2.45, 2.75) is 12.3 Å². The summed E-state index contributed by atoms with van der Waals surface area (Å²) in [6.45, 7) is -0.543. The number of ether oxygens (including phenoxy) is 1. The fourth-order valence-electron chi connectivity index (χ4n) is 3.65. The maximum atomic E-state index is 13.2. The third-order valence-corrected chi connectivity index (χ3v) is 5.56. The van der Waals surface area contributed by atoms with E-state index in [1.165, 1.54) is 37.4 Å². The van der Waals surface area contributed by atoms with Gasteiger partial charge in [0.05, 0.1) is 28.6 Å². The Morgan fingerprint density at radius 1 is 1.11 bits per heavy atom. The first-order chi connectivity index (χ1) is 17.6. The Morgan fingerprint density at radius 2 is 1.81 bits per heavy atom. The summed E-state index contributed by atoms with van der Waals surface area (Å²) in [7, 11) is 1.40. The molecule has 1 unspecified atom stereocenters. The van der Waals surface area contributed by atoms with Crippen LogP contribution in [-0.4, -0.2) is 45.0 Å². The first-order valence-corrected chi connectivity index (χ1v) is 11.1. The van der Waals surface area contributed by atoms with Crippen molar-refractivity contribution in [3.05, 3.63) is 88.2 Å². The standard InChI is InChI=1S/C26H22F3N3O5/c1-32-23(15-4-2-5-16(12-15)26(27,28)29)31-22-20(6-3-7-21(22)25(32)36)24(35)30-17-8-10-19(11-9-17)37-14-18(34)13-33/h2-12,18,33-34H,13-14H2,1H3,(H,30,35). The number of halogens is 3. The van der Waals surface area contributed by atoms with Gasteiger partial charge >= 0.3 is 6.18 Å². The van der Waals surface area contributed by atoms with E-state index in [4.69, 9.17) is 9.84 Å². The monoisotopic (exact) mass is 513 g/mol. The van der Waals surface area contributed by atoms with E-state index in [9.17, 15) is 27.9 Å². The zero-order valence-electron chi connectivity index (χ0n) is 19.5. The van der Waals surface area contributed by atoms with Crippen LogP contribution in [0, 0.1) is 0 Å². The molecule has 0 radical (unpaired) electrons. The van der Waals surface area contributed by atoms with Gasteiger partial charge in [0.2, 0.25) is 0 Å². The number of nitrogens with one attached hydrogen (secondary N) is 1. The number of hydrogen-bond acceptors (Lipinski definition) is 6. The van der Waals surface area contributed by atoms with Crippen molar-refractivity contribution in [1.82, 2.24) is 9.55 Å². The molecule has 4 rings (SSSR count). The number of hydrogen-bond donors (Lipinski definition) is 3. The van der Waals surface area contributed by atoms with Gasteiger partial charge < -0.3 is 20.3 Å². The quantitative estimate of drug-likeness (QED) is 0.348. The number of rotatable bonds is 7. The third-order valence-electron chi connectivity index (χ3n) is 5.56.